The van der Waals surface area contributed by atoms with E-state index in [-0.39, 0.29) is 5.75 Å². The lowest BCUT2D eigenvalue weighted by atomic mass is 10.0. The largest absolute Gasteiger partial charge is 0.507 e. The van der Waals surface area contributed by atoms with Gasteiger partial charge in [-0.2, -0.15) is 0 Å². The molecule has 0 radical (unpaired) electrons. The average Bonchev–Trinajstić information content (AvgIpc) is 2.93. The molecule has 1 aromatic heterocycles. The van der Waals surface area contributed by atoms with Gasteiger partial charge in [-0.05, 0) is 31.2 Å². The number of phenols is 1. The summed E-state index contributed by atoms with van der Waals surface area (Å²) in [5, 5.41) is 13.3. The Morgan fingerprint density at radius 3 is 2.46 bits per heavy atom. The van der Waals surface area contributed by atoms with Gasteiger partial charge in [0, 0.05) is 32.6 Å². The number of halogens is 1. The predicted molar refractivity (Wildman–Crippen MR) is 104 cm³/mol. The molecule has 0 unspecified atom stereocenters. The highest BCUT2D eigenvalue weighted by Crippen LogP contribution is 2.39. The molecular weight excluding hydrogens is 350 g/mol. The van der Waals surface area contributed by atoms with Crippen molar-refractivity contribution in [3.05, 3.63) is 70.9 Å². The minimum Gasteiger partial charge on any atom is -0.507 e. The van der Waals surface area contributed by atoms with Gasteiger partial charge in [0.15, 0.2) is 0 Å². The van der Waals surface area contributed by atoms with E-state index in [9.17, 15) is 9.90 Å². The summed E-state index contributed by atoms with van der Waals surface area (Å²) in [5.74, 6) is -0.315. The van der Waals surface area contributed by atoms with Crippen molar-refractivity contribution in [2.75, 3.05) is 7.11 Å². The molecule has 4 aromatic rings. The summed E-state index contributed by atoms with van der Waals surface area (Å²) < 4.78 is 6.97. The van der Waals surface area contributed by atoms with Gasteiger partial charge >= 0.3 is 5.97 Å². The standard InChI is InChI=1S/C21H16ClNO3/c1-12-19(21(25)26-2)17-11-18(24)15-8-3-4-9-16(15)20(17)23(12)14-7-5-6-13(22)10-14/h3-11,24H,1-2H3. The van der Waals surface area contributed by atoms with E-state index < -0.39 is 5.97 Å². The molecule has 0 fully saturated rings. The first kappa shape index (κ1) is 16.5. The Hall–Kier alpha value is -2.98. The van der Waals surface area contributed by atoms with Crippen molar-refractivity contribution in [3.63, 3.8) is 0 Å². The molecular formula is C21H16ClNO3. The molecule has 0 aliphatic carbocycles. The van der Waals surface area contributed by atoms with Gasteiger partial charge in [0.1, 0.15) is 5.75 Å². The van der Waals surface area contributed by atoms with Crippen molar-refractivity contribution in [2.24, 2.45) is 0 Å². The van der Waals surface area contributed by atoms with E-state index in [0.717, 1.165) is 27.7 Å². The van der Waals surface area contributed by atoms with Gasteiger partial charge in [-0.3, -0.25) is 0 Å². The SMILES string of the molecule is COC(=O)c1c(C)n(-c2cccc(Cl)c2)c2c1cc(O)c1ccccc12. The number of nitrogens with zero attached hydrogens (tertiary/aromatic N) is 1. The first-order valence-corrected chi connectivity index (χ1v) is 8.50. The first-order valence-electron chi connectivity index (χ1n) is 8.13. The van der Waals surface area contributed by atoms with E-state index in [2.05, 4.69) is 0 Å². The van der Waals surface area contributed by atoms with Crippen LogP contribution >= 0.6 is 11.6 Å². The Balaban J connectivity index is 2.25. The van der Waals surface area contributed by atoms with Crippen molar-refractivity contribution >= 4 is 39.2 Å². The number of rotatable bonds is 2. The number of hydrogen-bond acceptors (Lipinski definition) is 3. The molecule has 0 spiro atoms. The molecule has 0 saturated carbocycles. The molecule has 1 heterocycles. The van der Waals surface area contributed by atoms with Crippen LogP contribution in [0.3, 0.4) is 0 Å². The molecule has 1 N–H and O–H groups in total. The van der Waals surface area contributed by atoms with Gasteiger partial charge in [0.25, 0.3) is 0 Å². The van der Waals surface area contributed by atoms with E-state index in [4.69, 9.17) is 16.3 Å². The summed E-state index contributed by atoms with van der Waals surface area (Å²) in [4.78, 5) is 12.5. The summed E-state index contributed by atoms with van der Waals surface area (Å²) in [5.41, 5.74) is 2.83. The van der Waals surface area contributed by atoms with Crippen LogP contribution in [0, 0.1) is 6.92 Å². The fourth-order valence-electron chi connectivity index (χ4n) is 3.54. The molecule has 0 amide bonds. The molecule has 26 heavy (non-hydrogen) atoms. The number of ether oxygens (including phenoxy) is 1. The lowest BCUT2D eigenvalue weighted by Crippen LogP contribution is -2.04. The number of carbonyl (C=O) groups excluding carboxylic acids is 1. The third kappa shape index (κ3) is 2.34. The fourth-order valence-corrected chi connectivity index (χ4v) is 3.73. The zero-order valence-corrected chi connectivity index (χ0v) is 15.0. The van der Waals surface area contributed by atoms with E-state index in [1.54, 1.807) is 12.1 Å². The molecule has 3 aromatic carbocycles. The second kappa shape index (κ2) is 6.07. The quantitative estimate of drug-likeness (QED) is 0.494. The van der Waals surface area contributed by atoms with Crippen LogP contribution in [0.5, 0.6) is 5.75 Å². The van der Waals surface area contributed by atoms with Gasteiger partial charge in [0.05, 0.1) is 18.2 Å². The zero-order valence-electron chi connectivity index (χ0n) is 14.3. The van der Waals surface area contributed by atoms with Crippen LogP contribution in [-0.4, -0.2) is 22.8 Å². The van der Waals surface area contributed by atoms with Crippen molar-refractivity contribution in [1.29, 1.82) is 0 Å². The summed E-state index contributed by atoms with van der Waals surface area (Å²) in [6.45, 7) is 1.86. The number of phenolic OH excluding ortho intramolecular Hbond substituents is 1. The van der Waals surface area contributed by atoms with Gasteiger partial charge in [-0.1, -0.05) is 41.9 Å². The Morgan fingerprint density at radius 2 is 1.77 bits per heavy atom. The summed E-state index contributed by atoms with van der Waals surface area (Å²) in [6.07, 6.45) is 0. The third-order valence-electron chi connectivity index (χ3n) is 4.64. The highest BCUT2D eigenvalue weighted by atomic mass is 35.5. The van der Waals surface area contributed by atoms with E-state index in [0.29, 0.717) is 16.0 Å². The van der Waals surface area contributed by atoms with Crippen LogP contribution in [0.4, 0.5) is 0 Å². The maximum atomic E-state index is 12.5. The molecule has 0 saturated heterocycles. The Morgan fingerprint density at radius 1 is 1.04 bits per heavy atom. The monoisotopic (exact) mass is 365 g/mol. The second-order valence-electron chi connectivity index (χ2n) is 6.10. The maximum absolute atomic E-state index is 12.5. The average molecular weight is 366 g/mol. The summed E-state index contributed by atoms with van der Waals surface area (Å²) in [7, 11) is 1.35. The van der Waals surface area contributed by atoms with Gasteiger partial charge in [0.2, 0.25) is 0 Å². The Labute approximate surface area is 155 Å². The van der Waals surface area contributed by atoms with Crippen LogP contribution in [0.1, 0.15) is 16.1 Å². The molecule has 130 valence electrons. The number of carbonyl (C=O) groups is 1. The van der Waals surface area contributed by atoms with Crippen LogP contribution in [0.15, 0.2) is 54.6 Å². The maximum Gasteiger partial charge on any atom is 0.340 e. The van der Waals surface area contributed by atoms with E-state index >= 15 is 0 Å². The summed E-state index contributed by atoms with van der Waals surface area (Å²) in [6, 6.07) is 16.6. The summed E-state index contributed by atoms with van der Waals surface area (Å²) >= 11 is 6.19. The Bertz CT molecular complexity index is 1180. The molecule has 0 atom stereocenters. The van der Waals surface area contributed by atoms with Crippen molar-refractivity contribution < 1.29 is 14.6 Å². The lowest BCUT2D eigenvalue weighted by molar-refractivity contribution is 0.0602. The highest BCUT2D eigenvalue weighted by molar-refractivity contribution is 6.30. The minimum atomic E-state index is -0.442. The molecule has 0 aliphatic rings. The van der Waals surface area contributed by atoms with Crippen molar-refractivity contribution in [3.8, 4) is 11.4 Å². The van der Waals surface area contributed by atoms with Gasteiger partial charge in [-0.25, -0.2) is 4.79 Å². The first-order chi connectivity index (χ1) is 12.5. The zero-order chi connectivity index (χ0) is 18.4. The predicted octanol–water partition coefficient (Wildman–Crippen LogP) is 5.24. The number of esters is 1. The van der Waals surface area contributed by atoms with Crippen LogP contribution in [0.2, 0.25) is 5.02 Å². The number of benzene rings is 3. The Kier molecular flexibility index (Phi) is 3.85. The molecule has 4 rings (SSSR count). The number of hydrogen-bond donors (Lipinski definition) is 1. The fraction of sp³-hybridized carbons (Fsp3) is 0.0952. The number of methoxy groups -OCH3 is 1. The molecule has 0 bridgehead atoms. The lowest BCUT2D eigenvalue weighted by Gasteiger charge is -2.11. The number of aromatic hydroxyl groups is 1. The van der Waals surface area contributed by atoms with Crippen molar-refractivity contribution in [1.82, 2.24) is 4.57 Å². The molecule has 0 aliphatic heterocycles. The molecule has 5 heteroatoms. The van der Waals surface area contributed by atoms with E-state index in [1.807, 2.05) is 54.0 Å². The topological polar surface area (TPSA) is 51.5 Å². The second-order valence-corrected chi connectivity index (χ2v) is 6.54. The smallest absolute Gasteiger partial charge is 0.340 e. The van der Waals surface area contributed by atoms with Crippen LogP contribution in [0.25, 0.3) is 27.4 Å². The highest BCUT2D eigenvalue weighted by Gasteiger charge is 2.24. The van der Waals surface area contributed by atoms with Crippen LogP contribution < -0.4 is 0 Å². The van der Waals surface area contributed by atoms with E-state index in [1.165, 1.54) is 7.11 Å². The van der Waals surface area contributed by atoms with Gasteiger partial charge < -0.3 is 14.4 Å². The number of aromatic nitrogens is 1. The van der Waals surface area contributed by atoms with Crippen molar-refractivity contribution in [2.45, 2.75) is 6.92 Å². The number of fused-ring (bicyclic) bond motifs is 3. The molecule has 4 nitrogen and oxygen atoms in total. The minimum absolute atomic E-state index is 0.126. The normalized spacial score (nSPS) is 11.2. The third-order valence-corrected chi connectivity index (χ3v) is 4.88. The van der Waals surface area contributed by atoms with Gasteiger partial charge in [-0.15, -0.1) is 0 Å². The van der Waals surface area contributed by atoms with Crippen LogP contribution in [-0.2, 0) is 4.74 Å².